The maximum absolute atomic E-state index is 11.7. The molecule has 1 unspecified atom stereocenters. The summed E-state index contributed by atoms with van der Waals surface area (Å²) in [5, 5.41) is 22.6. The van der Waals surface area contributed by atoms with Crippen LogP contribution in [0.1, 0.15) is 5.56 Å². The zero-order valence-electron chi connectivity index (χ0n) is 10.9. The lowest BCUT2D eigenvalue weighted by atomic mass is 10.2. The minimum Gasteiger partial charge on any atom is -0.495 e. The predicted octanol–water partition coefficient (Wildman–Crippen LogP) is 1.22. The molecule has 0 radical (unpaired) electrons. The van der Waals surface area contributed by atoms with Crippen molar-refractivity contribution in [2.45, 2.75) is 13.0 Å². The van der Waals surface area contributed by atoms with Crippen LogP contribution in [0.4, 0.5) is 10.5 Å². The second-order valence-corrected chi connectivity index (χ2v) is 4.38. The Bertz CT molecular complexity index is 521. The maximum Gasteiger partial charge on any atom is 0.328 e. The van der Waals surface area contributed by atoms with Crippen LogP contribution in [0.15, 0.2) is 12.1 Å². The Balaban J connectivity index is 2.85. The van der Waals surface area contributed by atoms with E-state index in [1.807, 2.05) is 0 Å². The van der Waals surface area contributed by atoms with E-state index in [0.29, 0.717) is 16.5 Å². The number of halogens is 1. The number of aliphatic hydroxyl groups excluding tert-OH is 1. The van der Waals surface area contributed by atoms with Crippen LogP contribution in [0.3, 0.4) is 0 Å². The van der Waals surface area contributed by atoms with Crippen LogP contribution in [-0.4, -0.2) is 42.0 Å². The van der Waals surface area contributed by atoms with Crippen LogP contribution in [0.25, 0.3) is 0 Å². The zero-order valence-corrected chi connectivity index (χ0v) is 11.7. The molecule has 0 aliphatic heterocycles. The molecule has 1 atom stereocenters. The number of carboxylic acid groups (broad SMARTS) is 1. The molecule has 0 bridgehead atoms. The van der Waals surface area contributed by atoms with Gasteiger partial charge in [0.2, 0.25) is 0 Å². The summed E-state index contributed by atoms with van der Waals surface area (Å²) in [6.07, 6.45) is 0. The van der Waals surface area contributed by atoms with E-state index in [-0.39, 0.29) is 0 Å². The summed E-state index contributed by atoms with van der Waals surface area (Å²) in [6, 6.07) is 0.976. The van der Waals surface area contributed by atoms with Crippen LogP contribution in [0.5, 0.6) is 5.75 Å². The fourth-order valence-corrected chi connectivity index (χ4v) is 1.59. The lowest BCUT2D eigenvalue weighted by molar-refractivity contribution is -0.140. The molecule has 2 amide bonds. The number of carboxylic acids is 1. The molecular formula is C12H15ClN2O5. The smallest absolute Gasteiger partial charge is 0.328 e. The van der Waals surface area contributed by atoms with Gasteiger partial charge in [0.15, 0.2) is 6.04 Å². The summed E-state index contributed by atoms with van der Waals surface area (Å²) in [5.41, 5.74) is 1.06. The van der Waals surface area contributed by atoms with E-state index in [4.69, 9.17) is 26.6 Å². The first-order valence-electron chi connectivity index (χ1n) is 5.64. The fourth-order valence-electron chi connectivity index (χ4n) is 1.43. The van der Waals surface area contributed by atoms with Gasteiger partial charge < -0.3 is 25.6 Å². The Kier molecular flexibility index (Phi) is 5.60. The molecule has 0 aliphatic carbocycles. The molecule has 1 aromatic rings. The Morgan fingerprint density at radius 3 is 2.60 bits per heavy atom. The molecule has 0 aromatic heterocycles. The van der Waals surface area contributed by atoms with E-state index in [9.17, 15) is 9.59 Å². The molecule has 0 heterocycles. The Morgan fingerprint density at radius 1 is 1.45 bits per heavy atom. The third kappa shape index (κ3) is 4.01. The predicted molar refractivity (Wildman–Crippen MR) is 73.4 cm³/mol. The largest absolute Gasteiger partial charge is 0.495 e. The molecule has 0 fully saturated rings. The van der Waals surface area contributed by atoms with Gasteiger partial charge in [-0.05, 0) is 18.6 Å². The lowest BCUT2D eigenvalue weighted by Gasteiger charge is -2.15. The third-order valence-electron chi connectivity index (χ3n) is 2.51. The van der Waals surface area contributed by atoms with E-state index in [1.165, 1.54) is 13.2 Å². The van der Waals surface area contributed by atoms with E-state index in [1.54, 1.807) is 13.0 Å². The number of hydrogen-bond donors (Lipinski definition) is 4. The Labute approximate surface area is 120 Å². The highest BCUT2D eigenvalue weighted by Crippen LogP contribution is 2.30. The number of rotatable bonds is 5. The van der Waals surface area contributed by atoms with Crippen LogP contribution in [0, 0.1) is 6.92 Å². The van der Waals surface area contributed by atoms with Gasteiger partial charge in [0, 0.05) is 11.1 Å². The SMILES string of the molecule is COc1cc(Cl)c(C)cc1NC(=O)NC(CO)C(=O)O. The van der Waals surface area contributed by atoms with Crippen molar-refractivity contribution in [1.82, 2.24) is 5.32 Å². The normalized spacial score (nSPS) is 11.6. The van der Waals surface area contributed by atoms with Crippen molar-refractivity contribution in [3.8, 4) is 5.75 Å². The average Bonchev–Trinajstić information content (AvgIpc) is 2.39. The topological polar surface area (TPSA) is 108 Å². The number of ether oxygens (including phenoxy) is 1. The van der Waals surface area contributed by atoms with Gasteiger partial charge in [-0.1, -0.05) is 11.6 Å². The number of urea groups is 1. The molecule has 0 saturated carbocycles. The van der Waals surface area contributed by atoms with Gasteiger partial charge in [0.05, 0.1) is 19.4 Å². The number of carbonyl (C=O) groups is 2. The van der Waals surface area contributed by atoms with E-state index < -0.39 is 24.6 Å². The van der Waals surface area contributed by atoms with Crippen LogP contribution < -0.4 is 15.4 Å². The summed E-state index contributed by atoms with van der Waals surface area (Å²) in [4.78, 5) is 22.4. The van der Waals surface area contributed by atoms with Gasteiger partial charge in [-0.15, -0.1) is 0 Å². The molecule has 110 valence electrons. The van der Waals surface area contributed by atoms with Gasteiger partial charge in [-0.25, -0.2) is 9.59 Å². The molecule has 20 heavy (non-hydrogen) atoms. The highest BCUT2D eigenvalue weighted by molar-refractivity contribution is 6.31. The van der Waals surface area contributed by atoms with Gasteiger partial charge >= 0.3 is 12.0 Å². The second kappa shape index (κ2) is 6.97. The number of anilines is 1. The number of carbonyl (C=O) groups excluding carboxylic acids is 1. The number of aryl methyl sites for hydroxylation is 1. The minimum atomic E-state index is -1.38. The van der Waals surface area contributed by atoms with E-state index >= 15 is 0 Å². The minimum absolute atomic E-state index is 0.339. The number of nitrogens with one attached hydrogen (secondary N) is 2. The molecular weight excluding hydrogens is 288 g/mol. The quantitative estimate of drug-likeness (QED) is 0.654. The number of amides is 2. The molecule has 0 saturated heterocycles. The van der Waals surface area contributed by atoms with Gasteiger partial charge in [0.1, 0.15) is 5.75 Å². The molecule has 8 heteroatoms. The zero-order chi connectivity index (χ0) is 15.3. The lowest BCUT2D eigenvalue weighted by Crippen LogP contribution is -2.45. The Morgan fingerprint density at radius 2 is 2.10 bits per heavy atom. The Hall–Kier alpha value is -1.99. The van der Waals surface area contributed by atoms with Crippen LogP contribution >= 0.6 is 11.6 Å². The van der Waals surface area contributed by atoms with Gasteiger partial charge in [0.25, 0.3) is 0 Å². The molecule has 0 aliphatic rings. The van der Waals surface area contributed by atoms with Crippen molar-refractivity contribution < 1.29 is 24.5 Å². The van der Waals surface area contributed by atoms with Gasteiger partial charge in [-0.2, -0.15) is 0 Å². The molecule has 0 spiro atoms. The van der Waals surface area contributed by atoms with Crippen molar-refractivity contribution in [3.05, 3.63) is 22.7 Å². The number of methoxy groups -OCH3 is 1. The number of hydrogen-bond acceptors (Lipinski definition) is 4. The maximum atomic E-state index is 11.7. The molecule has 4 N–H and O–H groups in total. The average molecular weight is 303 g/mol. The summed E-state index contributed by atoms with van der Waals surface area (Å²) in [5.74, 6) is -0.992. The summed E-state index contributed by atoms with van der Waals surface area (Å²) >= 11 is 5.93. The highest BCUT2D eigenvalue weighted by Gasteiger charge is 2.19. The van der Waals surface area contributed by atoms with Crippen molar-refractivity contribution in [2.75, 3.05) is 19.0 Å². The fraction of sp³-hybridized carbons (Fsp3) is 0.333. The standard InChI is InChI=1S/C12H15ClN2O5/c1-6-3-8(10(20-2)4-7(6)13)14-12(19)15-9(5-16)11(17)18/h3-4,9,16H,5H2,1-2H3,(H,17,18)(H2,14,15,19). The first-order valence-corrected chi connectivity index (χ1v) is 6.02. The monoisotopic (exact) mass is 302 g/mol. The summed E-state index contributed by atoms with van der Waals surface area (Å²) < 4.78 is 5.07. The number of benzene rings is 1. The highest BCUT2D eigenvalue weighted by atomic mass is 35.5. The number of aliphatic carboxylic acids is 1. The third-order valence-corrected chi connectivity index (χ3v) is 2.92. The molecule has 1 rings (SSSR count). The molecule has 7 nitrogen and oxygen atoms in total. The van der Waals surface area contributed by atoms with Crippen molar-refractivity contribution in [3.63, 3.8) is 0 Å². The second-order valence-electron chi connectivity index (χ2n) is 3.97. The van der Waals surface area contributed by atoms with Crippen LogP contribution in [-0.2, 0) is 4.79 Å². The van der Waals surface area contributed by atoms with Gasteiger partial charge in [-0.3, -0.25) is 0 Å². The van der Waals surface area contributed by atoms with Crippen molar-refractivity contribution in [1.29, 1.82) is 0 Å². The number of aliphatic hydroxyl groups is 1. The van der Waals surface area contributed by atoms with E-state index in [0.717, 1.165) is 5.56 Å². The van der Waals surface area contributed by atoms with Crippen molar-refractivity contribution >= 4 is 29.3 Å². The molecule has 1 aromatic carbocycles. The first kappa shape index (κ1) is 16.1. The summed E-state index contributed by atoms with van der Waals surface area (Å²) in [7, 11) is 1.41. The first-order chi connectivity index (χ1) is 9.38. The van der Waals surface area contributed by atoms with E-state index in [2.05, 4.69) is 10.6 Å². The summed E-state index contributed by atoms with van der Waals surface area (Å²) in [6.45, 7) is 1.04. The van der Waals surface area contributed by atoms with Crippen LogP contribution in [0.2, 0.25) is 5.02 Å². The van der Waals surface area contributed by atoms with Crippen molar-refractivity contribution in [2.24, 2.45) is 0 Å².